The molecule has 1 N–H and O–H groups in total. The maximum Gasteiger partial charge on any atom is 0.265 e. The lowest BCUT2D eigenvalue weighted by atomic mass is 10.2. The van der Waals surface area contributed by atoms with Crippen molar-refractivity contribution in [2.75, 3.05) is 19.5 Å². The summed E-state index contributed by atoms with van der Waals surface area (Å²) in [6, 6.07) is 12.1. The zero-order valence-electron chi connectivity index (χ0n) is 13.1. The van der Waals surface area contributed by atoms with Crippen LogP contribution in [-0.4, -0.2) is 26.2 Å². The highest BCUT2D eigenvalue weighted by atomic mass is 35.5. The summed E-state index contributed by atoms with van der Waals surface area (Å²) in [7, 11) is 3.09. The Hall–Kier alpha value is -2.40. The quantitative estimate of drug-likeness (QED) is 0.873. The normalized spacial score (nSPS) is 11.5. The lowest BCUT2D eigenvalue weighted by molar-refractivity contribution is -0.122. The van der Waals surface area contributed by atoms with Gasteiger partial charge in [0.15, 0.2) is 17.6 Å². The Kier molecular flexibility index (Phi) is 5.71. The van der Waals surface area contributed by atoms with E-state index < -0.39 is 6.10 Å². The highest BCUT2D eigenvalue weighted by Gasteiger charge is 2.17. The van der Waals surface area contributed by atoms with Gasteiger partial charge in [0.1, 0.15) is 5.75 Å². The maximum absolute atomic E-state index is 12.2. The average Bonchev–Trinajstić information content (AvgIpc) is 2.56. The van der Waals surface area contributed by atoms with E-state index in [1.807, 2.05) is 0 Å². The van der Waals surface area contributed by atoms with Crippen LogP contribution in [0.4, 0.5) is 5.69 Å². The van der Waals surface area contributed by atoms with Crippen LogP contribution in [0, 0.1) is 0 Å². The first-order valence-corrected chi connectivity index (χ1v) is 7.37. The molecule has 6 heteroatoms. The van der Waals surface area contributed by atoms with Gasteiger partial charge in [-0.2, -0.15) is 0 Å². The fourth-order valence-electron chi connectivity index (χ4n) is 1.94. The van der Waals surface area contributed by atoms with Gasteiger partial charge in [0, 0.05) is 11.8 Å². The third-order valence-electron chi connectivity index (χ3n) is 3.16. The lowest BCUT2D eigenvalue weighted by Crippen LogP contribution is -2.30. The number of carbonyl (C=O) groups excluding carboxylic acids is 1. The van der Waals surface area contributed by atoms with Gasteiger partial charge in [-0.15, -0.1) is 0 Å². The Bertz CT molecular complexity index is 690. The van der Waals surface area contributed by atoms with Gasteiger partial charge in [0.25, 0.3) is 5.91 Å². The molecule has 0 heterocycles. The zero-order valence-corrected chi connectivity index (χ0v) is 13.9. The topological polar surface area (TPSA) is 56.8 Å². The van der Waals surface area contributed by atoms with Crippen molar-refractivity contribution in [3.63, 3.8) is 0 Å². The number of benzene rings is 2. The van der Waals surface area contributed by atoms with Crippen LogP contribution in [0.5, 0.6) is 17.2 Å². The molecular weight excluding hydrogens is 318 g/mol. The molecule has 0 radical (unpaired) electrons. The first-order valence-electron chi connectivity index (χ1n) is 6.99. The number of amides is 1. The average molecular weight is 336 g/mol. The molecule has 23 heavy (non-hydrogen) atoms. The predicted molar refractivity (Wildman–Crippen MR) is 89.7 cm³/mol. The van der Waals surface area contributed by atoms with Gasteiger partial charge >= 0.3 is 0 Å². The van der Waals surface area contributed by atoms with E-state index in [4.69, 9.17) is 25.8 Å². The van der Waals surface area contributed by atoms with E-state index in [9.17, 15) is 4.79 Å². The van der Waals surface area contributed by atoms with Gasteiger partial charge < -0.3 is 19.5 Å². The Morgan fingerprint density at radius 3 is 2.39 bits per heavy atom. The number of hydrogen-bond acceptors (Lipinski definition) is 4. The molecule has 1 amide bonds. The SMILES string of the molecule is COc1ccc(NC(=O)[C@H](C)Oc2ccccc2Cl)cc1OC. The molecule has 0 bridgehead atoms. The summed E-state index contributed by atoms with van der Waals surface area (Å²) >= 11 is 6.02. The van der Waals surface area contributed by atoms with Gasteiger partial charge in [-0.3, -0.25) is 4.79 Å². The smallest absolute Gasteiger partial charge is 0.265 e. The van der Waals surface area contributed by atoms with Crippen molar-refractivity contribution in [3.8, 4) is 17.2 Å². The van der Waals surface area contributed by atoms with E-state index in [0.717, 1.165) is 0 Å². The molecule has 5 nitrogen and oxygen atoms in total. The van der Waals surface area contributed by atoms with Crippen LogP contribution >= 0.6 is 11.6 Å². The van der Waals surface area contributed by atoms with Gasteiger partial charge in [-0.25, -0.2) is 0 Å². The number of ether oxygens (including phenoxy) is 3. The summed E-state index contributed by atoms with van der Waals surface area (Å²) in [5.41, 5.74) is 0.585. The van der Waals surface area contributed by atoms with Crippen molar-refractivity contribution in [3.05, 3.63) is 47.5 Å². The Labute approximate surface area is 140 Å². The minimum atomic E-state index is -0.706. The highest BCUT2D eigenvalue weighted by Crippen LogP contribution is 2.30. The fourth-order valence-corrected chi connectivity index (χ4v) is 2.12. The molecule has 0 aliphatic heterocycles. The fraction of sp³-hybridized carbons (Fsp3) is 0.235. The number of methoxy groups -OCH3 is 2. The third kappa shape index (κ3) is 4.29. The van der Waals surface area contributed by atoms with E-state index in [0.29, 0.717) is 28.0 Å². The lowest BCUT2D eigenvalue weighted by Gasteiger charge is -2.16. The molecule has 0 saturated heterocycles. The molecule has 122 valence electrons. The van der Waals surface area contributed by atoms with Gasteiger partial charge in [0.2, 0.25) is 0 Å². The molecular formula is C17H18ClNO4. The molecule has 2 aromatic rings. The number of carbonyl (C=O) groups is 1. The van der Waals surface area contributed by atoms with Crippen LogP contribution in [0.3, 0.4) is 0 Å². The van der Waals surface area contributed by atoms with Crippen molar-refractivity contribution in [2.45, 2.75) is 13.0 Å². The highest BCUT2D eigenvalue weighted by molar-refractivity contribution is 6.32. The second kappa shape index (κ2) is 7.74. The number of para-hydroxylation sites is 1. The van der Waals surface area contributed by atoms with E-state index in [-0.39, 0.29) is 5.91 Å². The molecule has 0 aliphatic rings. The molecule has 0 aromatic heterocycles. The number of rotatable bonds is 6. The maximum atomic E-state index is 12.2. The molecule has 2 aromatic carbocycles. The molecule has 0 aliphatic carbocycles. The molecule has 0 saturated carbocycles. The summed E-state index contributed by atoms with van der Waals surface area (Å²) in [5.74, 6) is 1.29. The van der Waals surface area contributed by atoms with Gasteiger partial charge in [-0.05, 0) is 31.2 Å². The summed E-state index contributed by atoms with van der Waals surface area (Å²) < 4.78 is 15.9. The molecule has 0 spiro atoms. The number of nitrogens with one attached hydrogen (secondary N) is 1. The summed E-state index contributed by atoms with van der Waals surface area (Å²) in [6.07, 6.45) is -0.706. The number of hydrogen-bond donors (Lipinski definition) is 1. The largest absolute Gasteiger partial charge is 0.493 e. The first-order chi connectivity index (χ1) is 11.0. The van der Waals surface area contributed by atoms with E-state index in [2.05, 4.69) is 5.32 Å². The van der Waals surface area contributed by atoms with Crippen molar-refractivity contribution < 1.29 is 19.0 Å². The van der Waals surface area contributed by atoms with Crippen molar-refractivity contribution in [1.82, 2.24) is 0 Å². The van der Waals surface area contributed by atoms with E-state index >= 15 is 0 Å². The van der Waals surface area contributed by atoms with Crippen molar-refractivity contribution >= 4 is 23.2 Å². The molecule has 2 rings (SSSR count). The predicted octanol–water partition coefficient (Wildman–Crippen LogP) is 3.76. The number of anilines is 1. The zero-order chi connectivity index (χ0) is 16.8. The molecule has 1 atom stereocenters. The molecule has 0 fully saturated rings. The minimum Gasteiger partial charge on any atom is -0.493 e. The molecule has 0 unspecified atom stereocenters. The first kappa shape index (κ1) is 17.0. The summed E-state index contributed by atoms with van der Waals surface area (Å²) in [4.78, 5) is 12.2. The van der Waals surface area contributed by atoms with Crippen molar-refractivity contribution in [2.24, 2.45) is 0 Å². The second-order valence-corrected chi connectivity index (χ2v) is 5.16. The Balaban J connectivity index is 2.05. The van der Waals surface area contributed by atoms with E-state index in [1.54, 1.807) is 56.5 Å². The monoisotopic (exact) mass is 335 g/mol. The van der Waals surface area contributed by atoms with Crippen molar-refractivity contribution in [1.29, 1.82) is 0 Å². The van der Waals surface area contributed by atoms with E-state index in [1.165, 1.54) is 7.11 Å². The Morgan fingerprint density at radius 1 is 1.04 bits per heavy atom. The van der Waals surface area contributed by atoms with Crippen LogP contribution in [0.2, 0.25) is 5.02 Å². The van der Waals surface area contributed by atoms with Crippen LogP contribution in [0.25, 0.3) is 0 Å². The minimum absolute atomic E-state index is 0.294. The van der Waals surface area contributed by atoms with Gasteiger partial charge in [0.05, 0.1) is 19.2 Å². The third-order valence-corrected chi connectivity index (χ3v) is 3.47. The second-order valence-electron chi connectivity index (χ2n) is 4.75. The van der Waals surface area contributed by atoms with Gasteiger partial charge in [-0.1, -0.05) is 23.7 Å². The summed E-state index contributed by atoms with van der Waals surface area (Å²) in [5, 5.41) is 3.22. The van der Waals surface area contributed by atoms with Crippen LogP contribution in [0.1, 0.15) is 6.92 Å². The van der Waals surface area contributed by atoms with Crippen LogP contribution in [0.15, 0.2) is 42.5 Å². The standard InChI is InChI=1S/C17H18ClNO4/c1-11(23-14-7-5-4-6-13(14)18)17(20)19-12-8-9-15(21-2)16(10-12)22-3/h4-11H,1-3H3,(H,19,20)/t11-/m0/s1. The van der Waals surface area contributed by atoms with Crippen LogP contribution < -0.4 is 19.5 Å². The Morgan fingerprint density at radius 2 is 1.74 bits per heavy atom. The number of halogens is 1. The van der Waals surface area contributed by atoms with Crippen LogP contribution in [-0.2, 0) is 4.79 Å². The summed E-state index contributed by atoms with van der Waals surface area (Å²) in [6.45, 7) is 1.65.